The van der Waals surface area contributed by atoms with E-state index in [4.69, 9.17) is 0 Å². The highest BCUT2D eigenvalue weighted by atomic mass is 19.1. The van der Waals surface area contributed by atoms with Gasteiger partial charge in [-0.3, -0.25) is 4.98 Å². The Morgan fingerprint density at radius 2 is 1.89 bits per heavy atom. The Labute approximate surface area is 105 Å². The van der Waals surface area contributed by atoms with Crippen molar-refractivity contribution in [1.29, 1.82) is 0 Å². The smallest absolute Gasteiger partial charge is 0.146 e. The first-order valence-corrected chi connectivity index (χ1v) is 5.72. The number of benzene rings is 1. The van der Waals surface area contributed by atoms with Crippen LogP contribution >= 0.6 is 0 Å². The van der Waals surface area contributed by atoms with E-state index in [1.165, 1.54) is 18.3 Å². The number of nitrogens with zero attached hydrogens (tertiary/aromatic N) is 1. The van der Waals surface area contributed by atoms with Crippen molar-refractivity contribution in [2.75, 3.05) is 7.05 Å². The van der Waals surface area contributed by atoms with Gasteiger partial charge in [0, 0.05) is 17.8 Å². The van der Waals surface area contributed by atoms with Gasteiger partial charge >= 0.3 is 0 Å². The third-order valence-corrected chi connectivity index (χ3v) is 2.88. The first-order chi connectivity index (χ1) is 8.70. The van der Waals surface area contributed by atoms with Gasteiger partial charge in [-0.1, -0.05) is 12.1 Å². The molecule has 0 radical (unpaired) electrons. The molecule has 1 aromatic heterocycles. The molecule has 0 spiro atoms. The summed E-state index contributed by atoms with van der Waals surface area (Å²) in [5, 5.41) is 3.06. The average molecular weight is 248 g/mol. The number of halogens is 2. The lowest BCUT2D eigenvalue weighted by Crippen LogP contribution is -2.20. The fraction of sp³-hybridized carbons (Fsp3) is 0.214. The van der Waals surface area contributed by atoms with E-state index in [9.17, 15) is 8.78 Å². The molecule has 1 N–H and O–H groups in total. The van der Waals surface area contributed by atoms with E-state index in [1.54, 1.807) is 31.4 Å². The average Bonchev–Trinajstić information content (AvgIpc) is 2.39. The molecule has 4 heteroatoms. The minimum absolute atomic E-state index is 0.154. The van der Waals surface area contributed by atoms with Crippen LogP contribution in [0.5, 0.6) is 0 Å². The summed E-state index contributed by atoms with van der Waals surface area (Å²) in [6, 6.07) is 7.73. The molecule has 1 aromatic carbocycles. The van der Waals surface area contributed by atoms with Crippen LogP contribution in [0.25, 0.3) is 0 Å². The van der Waals surface area contributed by atoms with Crippen molar-refractivity contribution < 1.29 is 8.78 Å². The molecule has 1 atom stereocenters. The quantitative estimate of drug-likeness (QED) is 0.900. The minimum atomic E-state index is -0.334. The first kappa shape index (κ1) is 12.6. The monoisotopic (exact) mass is 248 g/mol. The SMILES string of the molecule is CNC(Cc1ccc(F)cc1)c1ccncc1F. The van der Waals surface area contributed by atoms with Crippen LogP contribution in [0.4, 0.5) is 8.78 Å². The molecule has 94 valence electrons. The van der Waals surface area contributed by atoms with Gasteiger partial charge in [-0.15, -0.1) is 0 Å². The highest BCUT2D eigenvalue weighted by Gasteiger charge is 2.14. The zero-order valence-electron chi connectivity index (χ0n) is 10.0. The van der Waals surface area contributed by atoms with Crippen molar-refractivity contribution in [2.24, 2.45) is 0 Å². The summed E-state index contributed by atoms with van der Waals surface area (Å²) in [5.74, 6) is -0.603. The minimum Gasteiger partial charge on any atom is -0.313 e. The van der Waals surface area contributed by atoms with Crippen LogP contribution in [0, 0.1) is 11.6 Å². The van der Waals surface area contributed by atoms with E-state index >= 15 is 0 Å². The number of nitrogens with one attached hydrogen (secondary N) is 1. The molecule has 0 fully saturated rings. The molecule has 2 nitrogen and oxygen atoms in total. The van der Waals surface area contributed by atoms with Crippen molar-refractivity contribution in [1.82, 2.24) is 10.3 Å². The lowest BCUT2D eigenvalue weighted by Gasteiger charge is -2.17. The standard InChI is InChI=1S/C14H14F2N2/c1-17-14(12-6-7-18-9-13(12)16)8-10-2-4-11(15)5-3-10/h2-7,9,14,17H,8H2,1H3. The molecule has 0 amide bonds. The van der Waals surface area contributed by atoms with E-state index in [0.29, 0.717) is 12.0 Å². The van der Waals surface area contributed by atoms with E-state index in [-0.39, 0.29) is 17.7 Å². The fourth-order valence-corrected chi connectivity index (χ4v) is 1.89. The zero-order valence-corrected chi connectivity index (χ0v) is 10.0. The van der Waals surface area contributed by atoms with Crippen molar-refractivity contribution in [3.05, 3.63) is 65.5 Å². The van der Waals surface area contributed by atoms with E-state index in [0.717, 1.165) is 5.56 Å². The third kappa shape index (κ3) is 2.90. The summed E-state index contributed by atoms with van der Waals surface area (Å²) >= 11 is 0. The highest BCUT2D eigenvalue weighted by Crippen LogP contribution is 2.20. The lowest BCUT2D eigenvalue weighted by molar-refractivity contribution is 0.530. The molecule has 0 aliphatic carbocycles. The Morgan fingerprint density at radius 3 is 2.50 bits per heavy atom. The maximum absolute atomic E-state index is 13.6. The summed E-state index contributed by atoms with van der Waals surface area (Å²) < 4.78 is 26.4. The number of hydrogen-bond acceptors (Lipinski definition) is 2. The van der Waals surface area contributed by atoms with Gasteiger partial charge in [-0.25, -0.2) is 8.78 Å². The second-order valence-electron chi connectivity index (χ2n) is 4.07. The number of rotatable bonds is 4. The molecule has 18 heavy (non-hydrogen) atoms. The Hall–Kier alpha value is -1.81. The van der Waals surface area contributed by atoms with Crippen molar-refractivity contribution in [3.8, 4) is 0 Å². The van der Waals surface area contributed by atoms with Crippen molar-refractivity contribution >= 4 is 0 Å². The fourth-order valence-electron chi connectivity index (χ4n) is 1.89. The van der Waals surface area contributed by atoms with Crippen molar-refractivity contribution in [3.63, 3.8) is 0 Å². The molecule has 1 unspecified atom stereocenters. The summed E-state index contributed by atoms with van der Waals surface area (Å²) in [4.78, 5) is 3.73. The Kier molecular flexibility index (Phi) is 3.99. The molecule has 0 aliphatic heterocycles. The summed E-state index contributed by atoms with van der Waals surface area (Å²) in [7, 11) is 1.77. The van der Waals surface area contributed by atoms with E-state index in [1.807, 2.05) is 0 Å². The van der Waals surface area contributed by atoms with Gasteiger partial charge in [0.1, 0.15) is 11.6 Å². The Balaban J connectivity index is 2.20. The maximum Gasteiger partial charge on any atom is 0.146 e. The van der Waals surface area contributed by atoms with Crippen molar-refractivity contribution in [2.45, 2.75) is 12.5 Å². The zero-order chi connectivity index (χ0) is 13.0. The molecule has 2 aromatic rings. The summed E-state index contributed by atoms with van der Waals surface area (Å²) in [5.41, 5.74) is 1.52. The van der Waals surface area contributed by atoms with Crippen LogP contribution in [-0.2, 0) is 6.42 Å². The molecule has 0 saturated carbocycles. The summed E-state index contributed by atoms with van der Waals surface area (Å²) in [6.45, 7) is 0. The number of likely N-dealkylation sites (N-methyl/N-ethyl adjacent to an activating group) is 1. The van der Waals surface area contributed by atoms with Crippen LogP contribution < -0.4 is 5.32 Å². The predicted molar refractivity (Wildman–Crippen MR) is 66.1 cm³/mol. The maximum atomic E-state index is 13.6. The molecular weight excluding hydrogens is 234 g/mol. The molecule has 2 rings (SSSR count). The predicted octanol–water partition coefficient (Wildman–Crippen LogP) is 2.86. The number of pyridine rings is 1. The molecule has 0 saturated heterocycles. The Bertz CT molecular complexity index is 511. The molecule has 1 heterocycles. The van der Waals surface area contributed by atoms with Crippen LogP contribution in [-0.4, -0.2) is 12.0 Å². The van der Waals surface area contributed by atoms with Gasteiger partial charge in [0.05, 0.1) is 6.20 Å². The Morgan fingerprint density at radius 1 is 1.17 bits per heavy atom. The van der Waals surface area contributed by atoms with E-state index < -0.39 is 0 Å². The van der Waals surface area contributed by atoms with Gasteiger partial charge < -0.3 is 5.32 Å². The van der Waals surface area contributed by atoms with Gasteiger partial charge in [0.15, 0.2) is 0 Å². The van der Waals surface area contributed by atoms with E-state index in [2.05, 4.69) is 10.3 Å². The summed E-state index contributed by atoms with van der Waals surface area (Å²) in [6.07, 6.45) is 3.36. The first-order valence-electron chi connectivity index (χ1n) is 5.72. The van der Waals surface area contributed by atoms with Gasteiger partial charge in [0.2, 0.25) is 0 Å². The third-order valence-electron chi connectivity index (χ3n) is 2.88. The number of hydrogen-bond donors (Lipinski definition) is 1. The second kappa shape index (κ2) is 5.69. The van der Waals surface area contributed by atoms with Gasteiger partial charge in [-0.05, 0) is 37.2 Å². The second-order valence-corrected chi connectivity index (χ2v) is 4.07. The van der Waals surface area contributed by atoms with Crippen LogP contribution in [0.3, 0.4) is 0 Å². The largest absolute Gasteiger partial charge is 0.313 e. The highest BCUT2D eigenvalue weighted by molar-refractivity contribution is 5.23. The topological polar surface area (TPSA) is 24.9 Å². The number of aromatic nitrogens is 1. The van der Waals surface area contributed by atoms with Crippen LogP contribution in [0.1, 0.15) is 17.2 Å². The van der Waals surface area contributed by atoms with Gasteiger partial charge in [-0.2, -0.15) is 0 Å². The van der Waals surface area contributed by atoms with Gasteiger partial charge in [0.25, 0.3) is 0 Å². The molecule has 0 aliphatic rings. The normalized spacial score (nSPS) is 12.4. The molecule has 0 bridgehead atoms. The van der Waals surface area contributed by atoms with Crippen LogP contribution in [0.15, 0.2) is 42.7 Å². The van der Waals surface area contributed by atoms with Crippen LogP contribution in [0.2, 0.25) is 0 Å². The molecular formula is C14H14F2N2. The lowest BCUT2D eigenvalue weighted by atomic mass is 9.99.